The summed E-state index contributed by atoms with van der Waals surface area (Å²) in [7, 11) is 0. The molecule has 2 heterocycles. The van der Waals surface area contributed by atoms with Crippen molar-refractivity contribution in [2.45, 2.75) is 13.0 Å². The summed E-state index contributed by atoms with van der Waals surface area (Å²) < 4.78 is 0.350. The maximum Gasteiger partial charge on any atom is 0.302 e. The van der Waals surface area contributed by atoms with E-state index in [0.29, 0.717) is 16.7 Å². The second-order valence-electron chi connectivity index (χ2n) is 5.77. The van der Waals surface area contributed by atoms with Gasteiger partial charge in [0.25, 0.3) is 5.69 Å². The number of carbonyl (C=O) groups excluding carboxylic acids is 1. The van der Waals surface area contributed by atoms with Gasteiger partial charge in [-0.2, -0.15) is 10.0 Å². The Morgan fingerprint density at radius 1 is 1.13 bits per heavy atom. The first-order valence-corrected chi connectivity index (χ1v) is 7.15. The van der Waals surface area contributed by atoms with Crippen LogP contribution in [0.15, 0.2) is 42.5 Å². The van der Waals surface area contributed by atoms with E-state index in [0.717, 1.165) is 18.7 Å². The van der Waals surface area contributed by atoms with E-state index in [2.05, 4.69) is 17.6 Å². The maximum atomic E-state index is 12.3. The Bertz CT molecular complexity index is 824. The summed E-state index contributed by atoms with van der Waals surface area (Å²) in [6.45, 7) is 1.43. The molecule has 0 aliphatic carbocycles. The van der Waals surface area contributed by atoms with Crippen LogP contribution < -0.4 is 22.4 Å². The fourth-order valence-electron chi connectivity index (χ4n) is 3.45. The van der Waals surface area contributed by atoms with E-state index >= 15 is 0 Å². The van der Waals surface area contributed by atoms with Gasteiger partial charge in [-0.25, -0.2) is 0 Å². The second-order valence-corrected chi connectivity index (χ2v) is 5.77. The molecule has 118 valence electrons. The number of halogens is 1. The lowest BCUT2D eigenvalue weighted by Gasteiger charge is -2.36. The molecule has 23 heavy (non-hydrogen) atoms. The molecule has 1 atom stereocenters. The van der Waals surface area contributed by atoms with Crippen LogP contribution in [0.5, 0.6) is 0 Å². The lowest BCUT2D eigenvalue weighted by atomic mass is 9.98. The van der Waals surface area contributed by atoms with Gasteiger partial charge in [0, 0.05) is 30.2 Å². The summed E-state index contributed by atoms with van der Waals surface area (Å²) in [6, 6.07) is 12.8. The third kappa shape index (κ3) is 2.27. The number of rotatable bonds is 1. The first-order valence-electron chi connectivity index (χ1n) is 7.15. The fourth-order valence-corrected chi connectivity index (χ4v) is 3.45. The molecule has 1 N–H and O–H groups in total. The first kappa shape index (κ1) is 15.5. The van der Waals surface area contributed by atoms with Crippen molar-refractivity contribution in [3.8, 4) is 0 Å². The number of carbonyl (C=O) groups is 1. The maximum absolute atomic E-state index is 12.3. The van der Waals surface area contributed by atoms with Crippen LogP contribution >= 0.6 is 0 Å². The third-order valence-corrected chi connectivity index (χ3v) is 4.53. The molecule has 0 saturated heterocycles. The Morgan fingerprint density at radius 2 is 1.87 bits per heavy atom. The molecule has 0 bridgehead atoms. The van der Waals surface area contributed by atoms with Crippen molar-refractivity contribution in [1.29, 1.82) is 0 Å². The second kappa shape index (κ2) is 5.33. The normalized spacial score (nSPS) is 21.1. The molecule has 1 spiro atoms. The van der Waals surface area contributed by atoms with Crippen molar-refractivity contribution in [2.24, 2.45) is 0 Å². The van der Waals surface area contributed by atoms with E-state index in [1.54, 1.807) is 6.07 Å². The van der Waals surface area contributed by atoms with Gasteiger partial charge in [-0.3, -0.25) is 14.9 Å². The molecule has 1 unspecified atom stereocenters. The largest absolute Gasteiger partial charge is 1.00 e. The van der Waals surface area contributed by atoms with Crippen molar-refractivity contribution in [3.63, 3.8) is 0 Å². The topological polar surface area (TPSA) is 72.2 Å². The minimum absolute atomic E-state index is 0. The predicted molar refractivity (Wildman–Crippen MR) is 81.1 cm³/mol. The summed E-state index contributed by atoms with van der Waals surface area (Å²) in [5.41, 5.74) is 6.71. The number of nitro benzene ring substituents is 1. The van der Waals surface area contributed by atoms with E-state index in [4.69, 9.17) is 0 Å². The molecule has 2 aliphatic heterocycles. The van der Waals surface area contributed by atoms with Gasteiger partial charge in [0.05, 0.1) is 4.92 Å². The quantitative estimate of drug-likeness (QED) is 0.427. The zero-order chi connectivity index (χ0) is 15.3. The van der Waals surface area contributed by atoms with Crippen LogP contribution in [0, 0.1) is 10.1 Å². The molecular formula is C16H14ClN3O3. The van der Waals surface area contributed by atoms with Crippen LogP contribution in [0.25, 0.3) is 0 Å². The van der Waals surface area contributed by atoms with Gasteiger partial charge in [0.1, 0.15) is 18.7 Å². The SMILES string of the molecule is O=C1N[N+]2(CCc3ccccc3C2)c2ccc([N+](=O)[O-])cc21.[Cl-]. The van der Waals surface area contributed by atoms with Crippen LogP contribution in [-0.2, 0) is 13.0 Å². The number of benzene rings is 2. The first-order chi connectivity index (χ1) is 10.6. The molecule has 6 nitrogen and oxygen atoms in total. The van der Waals surface area contributed by atoms with Crippen molar-refractivity contribution < 1.29 is 22.1 Å². The summed E-state index contributed by atoms with van der Waals surface area (Å²) >= 11 is 0. The number of hydrogen-bond donors (Lipinski definition) is 1. The van der Waals surface area contributed by atoms with Gasteiger partial charge in [0.15, 0.2) is 5.69 Å². The third-order valence-electron chi connectivity index (χ3n) is 4.53. The number of nitrogens with one attached hydrogen (secondary N) is 1. The van der Waals surface area contributed by atoms with E-state index in [1.807, 2.05) is 12.1 Å². The Hall–Kier alpha value is -2.44. The molecule has 2 aliphatic rings. The highest BCUT2D eigenvalue weighted by Crippen LogP contribution is 2.38. The van der Waals surface area contributed by atoms with Crippen LogP contribution in [0.2, 0.25) is 0 Å². The van der Waals surface area contributed by atoms with Gasteiger partial charge in [0.2, 0.25) is 0 Å². The summed E-state index contributed by atoms with van der Waals surface area (Å²) in [5, 5.41) is 10.9. The summed E-state index contributed by atoms with van der Waals surface area (Å²) in [6.07, 6.45) is 0.868. The molecule has 0 radical (unpaired) electrons. The standard InChI is InChI=1S/C16H13N3O3.ClH/c20-16-14-9-13(18(21)22)5-6-15(14)19(17-16)8-7-11-3-1-2-4-12(11)10-19;/h1-6,9H,7-8,10H2;1H. The summed E-state index contributed by atoms with van der Waals surface area (Å²) in [5.74, 6) is -0.238. The Morgan fingerprint density at radius 3 is 2.61 bits per heavy atom. The van der Waals surface area contributed by atoms with Crippen molar-refractivity contribution in [1.82, 2.24) is 10.0 Å². The highest BCUT2D eigenvalue weighted by atomic mass is 35.5. The smallest absolute Gasteiger partial charge is 0.302 e. The Balaban J connectivity index is 0.00000156. The highest BCUT2D eigenvalue weighted by Gasteiger charge is 2.46. The molecule has 0 aromatic heterocycles. The number of nitro groups is 1. The zero-order valence-corrected chi connectivity index (χ0v) is 12.9. The van der Waals surface area contributed by atoms with Crippen LogP contribution in [0.3, 0.4) is 0 Å². The van der Waals surface area contributed by atoms with Crippen LogP contribution in [0.4, 0.5) is 11.4 Å². The Labute approximate surface area is 138 Å². The molecule has 0 fully saturated rings. The average Bonchev–Trinajstić information content (AvgIpc) is 2.79. The number of amides is 1. The van der Waals surface area contributed by atoms with Gasteiger partial charge in [-0.1, -0.05) is 24.3 Å². The molecule has 4 rings (SSSR count). The number of non-ortho nitro benzene ring substituents is 1. The number of quaternary nitrogens is 1. The molecule has 2 aromatic carbocycles. The van der Waals surface area contributed by atoms with E-state index in [-0.39, 0.29) is 24.0 Å². The molecule has 0 saturated carbocycles. The molecular weight excluding hydrogens is 318 g/mol. The van der Waals surface area contributed by atoms with Crippen molar-refractivity contribution in [2.75, 3.05) is 6.54 Å². The monoisotopic (exact) mass is 331 g/mol. The molecule has 7 heteroatoms. The van der Waals surface area contributed by atoms with Gasteiger partial charge in [-0.05, 0) is 5.56 Å². The average molecular weight is 332 g/mol. The van der Waals surface area contributed by atoms with Crippen LogP contribution in [-0.4, -0.2) is 17.4 Å². The van der Waals surface area contributed by atoms with Crippen molar-refractivity contribution >= 4 is 17.3 Å². The minimum atomic E-state index is -0.471. The minimum Gasteiger partial charge on any atom is -1.00 e. The predicted octanol–water partition coefficient (Wildman–Crippen LogP) is -0.679. The zero-order valence-electron chi connectivity index (χ0n) is 12.2. The van der Waals surface area contributed by atoms with Gasteiger partial charge >= 0.3 is 5.91 Å². The number of fused-ring (bicyclic) bond motifs is 3. The Kier molecular flexibility index (Phi) is 3.58. The lowest BCUT2D eigenvalue weighted by Crippen LogP contribution is -3.00. The highest BCUT2D eigenvalue weighted by molar-refractivity contribution is 6.04. The number of nitrogens with zero attached hydrogens (tertiary/aromatic N) is 2. The lowest BCUT2D eigenvalue weighted by molar-refractivity contribution is -0.384. The van der Waals surface area contributed by atoms with E-state index < -0.39 is 4.92 Å². The van der Waals surface area contributed by atoms with Crippen LogP contribution in [0.1, 0.15) is 21.5 Å². The van der Waals surface area contributed by atoms with Crippen molar-refractivity contribution in [3.05, 3.63) is 69.3 Å². The van der Waals surface area contributed by atoms with Gasteiger partial charge < -0.3 is 12.4 Å². The molecule has 2 aromatic rings. The molecule has 1 amide bonds. The van der Waals surface area contributed by atoms with E-state index in [9.17, 15) is 14.9 Å². The number of hydrogen-bond acceptors (Lipinski definition) is 3. The summed E-state index contributed by atoms with van der Waals surface area (Å²) in [4.78, 5) is 22.7. The van der Waals surface area contributed by atoms with Gasteiger partial charge in [-0.15, -0.1) is 0 Å². The van der Waals surface area contributed by atoms with E-state index in [1.165, 1.54) is 23.3 Å². The fraction of sp³-hybridized carbons (Fsp3) is 0.188.